The van der Waals surface area contributed by atoms with Crippen molar-refractivity contribution in [1.82, 2.24) is 15.5 Å². The van der Waals surface area contributed by atoms with E-state index in [1.54, 1.807) is 17.4 Å². The van der Waals surface area contributed by atoms with Gasteiger partial charge in [-0.05, 0) is 32.9 Å². The molecule has 0 aliphatic rings. The van der Waals surface area contributed by atoms with Crippen molar-refractivity contribution in [3.63, 3.8) is 0 Å². The van der Waals surface area contributed by atoms with Crippen LogP contribution in [0.5, 0.6) is 5.75 Å². The highest BCUT2D eigenvalue weighted by Crippen LogP contribution is 2.32. The van der Waals surface area contributed by atoms with Gasteiger partial charge in [0.25, 0.3) is 0 Å². The Morgan fingerprint density at radius 3 is 2.89 bits per heavy atom. The van der Waals surface area contributed by atoms with Crippen LogP contribution in [0.4, 0.5) is 0 Å². The molecule has 19 heavy (non-hydrogen) atoms. The van der Waals surface area contributed by atoms with Crippen molar-refractivity contribution >= 4 is 11.3 Å². The quantitative estimate of drug-likeness (QED) is 0.880. The molecule has 1 aromatic carbocycles. The van der Waals surface area contributed by atoms with Gasteiger partial charge in [0.2, 0.25) is 0 Å². The molecule has 0 saturated carbocycles. The maximum absolute atomic E-state index is 9.74. The summed E-state index contributed by atoms with van der Waals surface area (Å²) in [5.41, 5.74) is 1.80. The molecule has 1 unspecified atom stereocenters. The van der Waals surface area contributed by atoms with Crippen LogP contribution in [-0.2, 0) is 0 Å². The van der Waals surface area contributed by atoms with Crippen molar-refractivity contribution in [3.05, 3.63) is 28.8 Å². The molecule has 0 spiro atoms. The van der Waals surface area contributed by atoms with Crippen LogP contribution in [0.3, 0.4) is 0 Å². The Hall–Kier alpha value is -1.46. The van der Waals surface area contributed by atoms with E-state index in [1.807, 2.05) is 19.1 Å². The van der Waals surface area contributed by atoms with Crippen LogP contribution < -0.4 is 5.32 Å². The summed E-state index contributed by atoms with van der Waals surface area (Å²) < 4.78 is 0. The zero-order chi connectivity index (χ0) is 13.8. The van der Waals surface area contributed by atoms with Crippen molar-refractivity contribution in [3.8, 4) is 16.3 Å². The number of phenolic OH excluding ortho intramolecular Hbond substituents is 1. The Morgan fingerprint density at radius 2 is 2.16 bits per heavy atom. The molecular formula is C14H19N3OS. The third-order valence-electron chi connectivity index (χ3n) is 3.05. The number of rotatable bonds is 5. The average Bonchev–Trinajstić information content (AvgIpc) is 2.88. The number of aromatic nitrogens is 2. The monoisotopic (exact) mass is 277 g/mol. The first-order valence-corrected chi connectivity index (χ1v) is 7.30. The molecule has 5 heteroatoms. The average molecular weight is 277 g/mol. The lowest BCUT2D eigenvalue weighted by atomic mass is 10.1. The normalized spacial score (nSPS) is 12.6. The van der Waals surface area contributed by atoms with E-state index in [0.29, 0.717) is 5.75 Å². The van der Waals surface area contributed by atoms with E-state index in [4.69, 9.17) is 0 Å². The van der Waals surface area contributed by atoms with Crippen LogP contribution in [0.25, 0.3) is 10.6 Å². The molecule has 1 aromatic heterocycles. The first-order chi connectivity index (χ1) is 9.13. The minimum absolute atomic E-state index is 0.212. The number of hydrogen-bond acceptors (Lipinski definition) is 5. The largest absolute Gasteiger partial charge is 0.508 e. The summed E-state index contributed by atoms with van der Waals surface area (Å²) >= 11 is 1.57. The Morgan fingerprint density at radius 1 is 1.37 bits per heavy atom. The molecule has 2 N–H and O–H groups in total. The van der Waals surface area contributed by atoms with Crippen LogP contribution in [0.2, 0.25) is 0 Å². The van der Waals surface area contributed by atoms with Crippen LogP contribution in [-0.4, -0.2) is 21.8 Å². The number of nitrogens with one attached hydrogen (secondary N) is 1. The number of benzene rings is 1. The summed E-state index contributed by atoms with van der Waals surface area (Å²) in [6.45, 7) is 7.10. The summed E-state index contributed by atoms with van der Waals surface area (Å²) in [7, 11) is 0. The van der Waals surface area contributed by atoms with Crippen molar-refractivity contribution in [2.45, 2.75) is 33.2 Å². The second kappa shape index (κ2) is 6.12. The lowest BCUT2D eigenvalue weighted by Gasteiger charge is -2.08. The molecule has 0 saturated heterocycles. The molecule has 102 valence electrons. The number of hydrogen-bond donors (Lipinski definition) is 2. The molecular weight excluding hydrogens is 258 g/mol. The van der Waals surface area contributed by atoms with Crippen molar-refractivity contribution < 1.29 is 5.11 Å². The van der Waals surface area contributed by atoms with E-state index < -0.39 is 0 Å². The summed E-state index contributed by atoms with van der Waals surface area (Å²) in [6, 6.07) is 5.69. The van der Waals surface area contributed by atoms with Crippen molar-refractivity contribution in [2.24, 2.45) is 0 Å². The van der Waals surface area contributed by atoms with Gasteiger partial charge in [0.05, 0.1) is 6.04 Å². The first kappa shape index (κ1) is 14.0. The van der Waals surface area contributed by atoms with Crippen LogP contribution >= 0.6 is 11.3 Å². The fraction of sp³-hybridized carbons (Fsp3) is 0.429. The predicted molar refractivity (Wildman–Crippen MR) is 78.5 cm³/mol. The fourth-order valence-electron chi connectivity index (χ4n) is 1.82. The summed E-state index contributed by atoms with van der Waals surface area (Å²) in [6.07, 6.45) is 1.10. The minimum Gasteiger partial charge on any atom is -0.508 e. The van der Waals surface area contributed by atoms with Gasteiger partial charge >= 0.3 is 0 Å². The predicted octanol–water partition coefficient (Wildman–Crippen LogP) is 3.28. The van der Waals surface area contributed by atoms with Crippen molar-refractivity contribution in [2.75, 3.05) is 6.54 Å². The third-order valence-corrected chi connectivity index (χ3v) is 4.19. The second-order valence-corrected chi connectivity index (χ2v) is 5.58. The Kier molecular flexibility index (Phi) is 4.50. The van der Waals surface area contributed by atoms with E-state index >= 15 is 0 Å². The molecule has 1 heterocycles. The Labute approximate surface area is 117 Å². The van der Waals surface area contributed by atoms with Gasteiger partial charge in [0.1, 0.15) is 15.8 Å². The molecule has 1 atom stereocenters. The molecule has 2 rings (SSSR count). The molecule has 0 bridgehead atoms. The molecule has 0 radical (unpaired) electrons. The van der Waals surface area contributed by atoms with Gasteiger partial charge in [0, 0.05) is 11.1 Å². The van der Waals surface area contributed by atoms with E-state index in [9.17, 15) is 5.11 Å². The lowest BCUT2D eigenvalue weighted by molar-refractivity contribution is 0.471. The van der Waals surface area contributed by atoms with Gasteiger partial charge in [-0.2, -0.15) is 0 Å². The number of nitrogens with zero attached hydrogens (tertiary/aromatic N) is 2. The van der Waals surface area contributed by atoms with Gasteiger partial charge in [-0.1, -0.05) is 30.4 Å². The van der Waals surface area contributed by atoms with Gasteiger partial charge in [-0.25, -0.2) is 0 Å². The zero-order valence-electron chi connectivity index (χ0n) is 11.5. The molecule has 0 aliphatic heterocycles. The second-order valence-electron chi connectivity index (χ2n) is 4.57. The number of aromatic hydroxyl groups is 1. The standard InChI is InChI=1S/C14H19N3OS/c1-4-8-15-10(3)13-16-17-14(19-13)11-6-5-7-12(18)9(11)2/h5-7,10,15,18H,4,8H2,1-3H3. The van der Waals surface area contributed by atoms with E-state index in [1.165, 1.54) is 0 Å². The Balaban J connectivity index is 2.23. The van der Waals surface area contributed by atoms with Gasteiger partial charge in [0.15, 0.2) is 0 Å². The number of phenols is 1. The highest BCUT2D eigenvalue weighted by Gasteiger charge is 2.14. The summed E-state index contributed by atoms with van der Waals surface area (Å²) in [4.78, 5) is 0. The maximum Gasteiger partial charge on any atom is 0.148 e. The SMILES string of the molecule is CCCNC(C)c1nnc(-c2cccc(O)c2C)s1. The third kappa shape index (κ3) is 3.11. The van der Waals surface area contributed by atoms with E-state index in [-0.39, 0.29) is 6.04 Å². The van der Waals surface area contributed by atoms with E-state index in [0.717, 1.165) is 34.1 Å². The summed E-state index contributed by atoms with van der Waals surface area (Å²) in [5.74, 6) is 0.298. The molecule has 4 nitrogen and oxygen atoms in total. The van der Waals surface area contributed by atoms with Crippen LogP contribution in [0.1, 0.15) is 36.9 Å². The molecule has 0 amide bonds. The van der Waals surface area contributed by atoms with E-state index in [2.05, 4.69) is 29.4 Å². The van der Waals surface area contributed by atoms with Gasteiger partial charge in [-0.3, -0.25) is 0 Å². The highest BCUT2D eigenvalue weighted by atomic mass is 32.1. The fourth-order valence-corrected chi connectivity index (χ4v) is 2.77. The van der Waals surface area contributed by atoms with Crippen LogP contribution in [0.15, 0.2) is 18.2 Å². The van der Waals surface area contributed by atoms with Gasteiger partial charge in [-0.15, -0.1) is 10.2 Å². The lowest BCUT2D eigenvalue weighted by Crippen LogP contribution is -2.18. The minimum atomic E-state index is 0.212. The first-order valence-electron chi connectivity index (χ1n) is 6.49. The topological polar surface area (TPSA) is 58.0 Å². The van der Waals surface area contributed by atoms with Crippen LogP contribution in [0, 0.1) is 6.92 Å². The Bertz CT molecular complexity index is 553. The molecule has 0 aliphatic carbocycles. The zero-order valence-corrected chi connectivity index (χ0v) is 12.3. The summed E-state index contributed by atoms with van der Waals surface area (Å²) in [5, 5.41) is 23.4. The highest BCUT2D eigenvalue weighted by molar-refractivity contribution is 7.14. The molecule has 2 aromatic rings. The smallest absolute Gasteiger partial charge is 0.148 e. The maximum atomic E-state index is 9.74. The molecule has 0 fully saturated rings. The van der Waals surface area contributed by atoms with Crippen molar-refractivity contribution in [1.29, 1.82) is 0 Å². The van der Waals surface area contributed by atoms with Gasteiger partial charge < -0.3 is 10.4 Å².